The monoisotopic (exact) mass is 372 g/mol. The summed E-state index contributed by atoms with van der Waals surface area (Å²) < 4.78 is 10.6. The van der Waals surface area contributed by atoms with E-state index in [0.717, 1.165) is 5.69 Å². The van der Waals surface area contributed by atoms with Crippen LogP contribution in [-0.2, 0) is 4.74 Å². The van der Waals surface area contributed by atoms with Crippen LogP contribution in [-0.4, -0.2) is 30.3 Å². The first-order chi connectivity index (χ1) is 12.5. The van der Waals surface area contributed by atoms with Crippen molar-refractivity contribution in [1.29, 1.82) is 0 Å². The number of H-pyrrole nitrogens is 1. The van der Waals surface area contributed by atoms with Crippen molar-refractivity contribution < 1.29 is 9.47 Å². The van der Waals surface area contributed by atoms with Crippen LogP contribution in [0.3, 0.4) is 0 Å². The highest BCUT2D eigenvalue weighted by Crippen LogP contribution is 2.31. The Bertz CT molecular complexity index is 982. The van der Waals surface area contributed by atoms with Gasteiger partial charge in [-0.05, 0) is 30.2 Å². The molecule has 2 heterocycles. The molecule has 0 unspecified atom stereocenters. The lowest BCUT2D eigenvalue weighted by molar-refractivity contribution is 0.146. The van der Waals surface area contributed by atoms with Gasteiger partial charge in [-0.15, -0.1) is 0 Å². The Hall–Kier alpha value is -2.37. The van der Waals surface area contributed by atoms with E-state index in [1.807, 2.05) is 18.2 Å². The van der Waals surface area contributed by atoms with Crippen molar-refractivity contribution in [2.75, 3.05) is 20.3 Å². The fourth-order valence-corrected chi connectivity index (χ4v) is 2.94. The molecule has 3 aromatic rings. The van der Waals surface area contributed by atoms with E-state index in [1.54, 1.807) is 25.3 Å². The number of hydrogen-bond donors (Lipinski definition) is 1. The lowest BCUT2D eigenvalue weighted by Gasteiger charge is -2.11. The van der Waals surface area contributed by atoms with Crippen molar-refractivity contribution >= 4 is 22.5 Å². The predicted octanol–water partition coefficient (Wildman–Crippen LogP) is 4.39. The Morgan fingerprint density at radius 3 is 2.73 bits per heavy atom. The van der Waals surface area contributed by atoms with E-state index in [4.69, 9.17) is 21.1 Å². The Morgan fingerprint density at radius 2 is 2.00 bits per heavy atom. The maximum Gasteiger partial charge on any atom is 0.190 e. The first-order valence-electron chi connectivity index (χ1n) is 8.46. The van der Waals surface area contributed by atoms with Gasteiger partial charge in [0.25, 0.3) is 0 Å². The van der Waals surface area contributed by atoms with Crippen molar-refractivity contribution in [1.82, 2.24) is 9.97 Å². The Kier molecular flexibility index (Phi) is 5.59. The van der Waals surface area contributed by atoms with E-state index < -0.39 is 0 Å². The summed E-state index contributed by atoms with van der Waals surface area (Å²) in [5.74, 6) is 0.805. The van der Waals surface area contributed by atoms with Crippen LogP contribution in [0.4, 0.5) is 0 Å². The van der Waals surface area contributed by atoms with Crippen molar-refractivity contribution in [3.63, 3.8) is 0 Å². The first-order valence-corrected chi connectivity index (χ1v) is 8.83. The molecule has 0 spiro atoms. The van der Waals surface area contributed by atoms with Crippen LogP contribution in [0, 0.1) is 0 Å². The third-order valence-corrected chi connectivity index (χ3v) is 4.47. The van der Waals surface area contributed by atoms with Crippen LogP contribution < -0.4 is 10.2 Å². The van der Waals surface area contributed by atoms with E-state index in [9.17, 15) is 4.79 Å². The summed E-state index contributed by atoms with van der Waals surface area (Å²) in [4.78, 5) is 20.4. The van der Waals surface area contributed by atoms with Crippen LogP contribution in [0.25, 0.3) is 22.3 Å². The fraction of sp³-hybridized carbons (Fsp3) is 0.300. The largest absolute Gasteiger partial charge is 0.490 e. The number of aromatic amines is 1. The smallest absolute Gasteiger partial charge is 0.190 e. The van der Waals surface area contributed by atoms with Crippen molar-refractivity contribution in [2.24, 2.45) is 0 Å². The molecule has 3 rings (SSSR count). The van der Waals surface area contributed by atoms with Crippen LogP contribution in [0.2, 0.25) is 5.02 Å². The fourth-order valence-electron chi connectivity index (χ4n) is 2.67. The number of pyridine rings is 2. The summed E-state index contributed by atoms with van der Waals surface area (Å²) in [7, 11) is 1.60. The first kappa shape index (κ1) is 18.4. The van der Waals surface area contributed by atoms with Gasteiger partial charge >= 0.3 is 0 Å². The maximum absolute atomic E-state index is 12.5. The summed E-state index contributed by atoms with van der Waals surface area (Å²) >= 11 is 6.48. The molecule has 0 aliphatic heterocycles. The number of nitrogens with zero attached hydrogens (tertiary/aromatic N) is 1. The molecule has 0 saturated carbocycles. The number of benzene rings is 1. The molecular weight excluding hydrogens is 352 g/mol. The molecule has 136 valence electrons. The van der Waals surface area contributed by atoms with Gasteiger partial charge in [-0.2, -0.15) is 0 Å². The molecule has 0 atom stereocenters. The lowest BCUT2D eigenvalue weighted by atomic mass is 10.1. The summed E-state index contributed by atoms with van der Waals surface area (Å²) in [5, 5.41) is 0.885. The number of fused-ring (bicyclic) bond motifs is 1. The highest BCUT2D eigenvalue weighted by atomic mass is 35.5. The number of halogens is 1. The summed E-state index contributed by atoms with van der Waals surface area (Å²) in [6.45, 7) is 4.99. The number of aromatic nitrogens is 2. The molecule has 0 saturated heterocycles. The number of hydrogen-bond acceptors (Lipinski definition) is 4. The van der Waals surface area contributed by atoms with Gasteiger partial charge in [-0.1, -0.05) is 31.5 Å². The normalized spacial score (nSPS) is 11.3. The quantitative estimate of drug-likeness (QED) is 0.651. The third-order valence-electron chi connectivity index (χ3n) is 4.09. The van der Waals surface area contributed by atoms with Gasteiger partial charge in [0.1, 0.15) is 17.4 Å². The van der Waals surface area contributed by atoms with Gasteiger partial charge in [-0.3, -0.25) is 9.78 Å². The van der Waals surface area contributed by atoms with Gasteiger partial charge in [0.05, 0.1) is 23.5 Å². The SMILES string of the molecule is COCCOc1ccc2c(=O)cc(-c3cccc(C(C)C)n3)[nH]c2c1Cl. The van der Waals surface area contributed by atoms with E-state index >= 15 is 0 Å². The van der Waals surface area contributed by atoms with E-state index in [2.05, 4.69) is 23.8 Å². The number of ether oxygens (including phenoxy) is 2. The molecule has 6 heteroatoms. The molecule has 0 radical (unpaired) electrons. The van der Waals surface area contributed by atoms with Gasteiger partial charge in [0, 0.05) is 24.3 Å². The van der Waals surface area contributed by atoms with Crippen LogP contribution in [0.1, 0.15) is 25.5 Å². The minimum Gasteiger partial charge on any atom is -0.490 e. The zero-order valence-corrected chi connectivity index (χ0v) is 15.8. The van der Waals surface area contributed by atoms with Crippen molar-refractivity contribution in [3.05, 3.63) is 57.3 Å². The molecule has 0 aliphatic rings. The summed E-state index contributed by atoms with van der Waals surface area (Å²) in [5.41, 5.74) is 2.72. The molecule has 1 aromatic carbocycles. The van der Waals surface area contributed by atoms with Gasteiger partial charge in [-0.25, -0.2) is 0 Å². The van der Waals surface area contributed by atoms with Gasteiger partial charge < -0.3 is 14.5 Å². The molecule has 0 aliphatic carbocycles. The predicted molar refractivity (Wildman–Crippen MR) is 104 cm³/mol. The molecule has 0 amide bonds. The maximum atomic E-state index is 12.5. The zero-order chi connectivity index (χ0) is 18.7. The molecule has 5 nitrogen and oxygen atoms in total. The standard InChI is InChI=1S/C20H21ClN2O3/c1-12(2)14-5-4-6-15(22-14)16-11-17(24)13-7-8-18(26-10-9-25-3)19(21)20(13)23-16/h4-8,11-12H,9-10H2,1-3H3,(H,23,24). The second-order valence-corrected chi connectivity index (χ2v) is 6.67. The lowest BCUT2D eigenvalue weighted by Crippen LogP contribution is -2.07. The Balaban J connectivity index is 2.09. The number of nitrogens with one attached hydrogen (secondary N) is 1. The zero-order valence-electron chi connectivity index (χ0n) is 15.0. The second kappa shape index (κ2) is 7.89. The molecular formula is C20H21ClN2O3. The minimum absolute atomic E-state index is 0.115. The highest BCUT2D eigenvalue weighted by molar-refractivity contribution is 6.36. The summed E-state index contributed by atoms with van der Waals surface area (Å²) in [6.07, 6.45) is 0. The van der Waals surface area contributed by atoms with Crippen molar-refractivity contribution in [2.45, 2.75) is 19.8 Å². The minimum atomic E-state index is -0.115. The van der Waals surface area contributed by atoms with Crippen molar-refractivity contribution in [3.8, 4) is 17.1 Å². The van der Waals surface area contributed by atoms with E-state index in [1.165, 1.54) is 0 Å². The molecule has 1 N–H and O–H groups in total. The number of methoxy groups -OCH3 is 1. The summed E-state index contributed by atoms with van der Waals surface area (Å²) in [6, 6.07) is 10.7. The highest BCUT2D eigenvalue weighted by Gasteiger charge is 2.13. The second-order valence-electron chi connectivity index (χ2n) is 6.29. The molecule has 26 heavy (non-hydrogen) atoms. The molecule has 0 bridgehead atoms. The van der Waals surface area contributed by atoms with Gasteiger partial charge in [0.15, 0.2) is 5.43 Å². The van der Waals surface area contributed by atoms with E-state index in [0.29, 0.717) is 52.2 Å². The van der Waals surface area contributed by atoms with Gasteiger partial charge in [0.2, 0.25) is 0 Å². The molecule has 2 aromatic heterocycles. The van der Waals surface area contributed by atoms with Crippen LogP contribution >= 0.6 is 11.6 Å². The average Bonchev–Trinajstić information content (AvgIpc) is 2.64. The number of rotatable bonds is 6. The van der Waals surface area contributed by atoms with E-state index in [-0.39, 0.29) is 5.43 Å². The third kappa shape index (κ3) is 3.74. The topological polar surface area (TPSA) is 64.2 Å². The Morgan fingerprint density at radius 1 is 1.19 bits per heavy atom. The average molecular weight is 373 g/mol. The van der Waals surface area contributed by atoms with Crippen LogP contribution in [0.15, 0.2) is 41.2 Å². The Labute approximate surface area is 156 Å². The van der Waals surface area contributed by atoms with Crippen LogP contribution in [0.5, 0.6) is 5.75 Å². The molecule has 0 fully saturated rings.